The van der Waals surface area contributed by atoms with Gasteiger partial charge in [0.2, 0.25) is 17.7 Å². The molecule has 0 bridgehead atoms. The molecule has 0 saturated carbocycles. The van der Waals surface area contributed by atoms with Gasteiger partial charge in [-0.2, -0.15) is 0 Å². The Kier molecular flexibility index (Phi) is 8.19. The van der Waals surface area contributed by atoms with Crippen LogP contribution in [0.2, 0.25) is 0 Å². The van der Waals surface area contributed by atoms with Gasteiger partial charge in [0.05, 0.1) is 5.25 Å². The van der Waals surface area contributed by atoms with Crippen molar-refractivity contribution < 1.29 is 14.0 Å². The molecular formula is C32H27N3O3S. The Labute approximate surface area is 231 Å². The first-order chi connectivity index (χ1) is 19.1. The third-order valence-electron chi connectivity index (χ3n) is 5.96. The number of rotatable bonds is 9. The fourth-order valence-corrected chi connectivity index (χ4v) is 4.98. The standard InChI is InChI=1S/C32H27N3O3S/c1-2-29(39-26-12-8-11-25(21-26)33-30(36)20-15-22-9-4-3-5-10-22)31(37)34-24-18-16-23(17-19-24)32-35-27-13-6-7-14-28(27)38-32/h3-21,29H,2H2,1H3,(H,33,36)(H,34,37)/b20-15+. The van der Waals surface area contributed by atoms with Crippen molar-refractivity contribution in [3.05, 3.63) is 115 Å². The van der Waals surface area contributed by atoms with Crippen LogP contribution in [0.5, 0.6) is 0 Å². The van der Waals surface area contributed by atoms with Crippen LogP contribution in [0.3, 0.4) is 0 Å². The zero-order valence-corrected chi connectivity index (χ0v) is 22.2. The number of oxazole rings is 1. The van der Waals surface area contributed by atoms with Crippen LogP contribution in [0, 0.1) is 0 Å². The molecule has 1 aromatic heterocycles. The van der Waals surface area contributed by atoms with Crippen molar-refractivity contribution in [2.24, 2.45) is 0 Å². The minimum Gasteiger partial charge on any atom is -0.436 e. The summed E-state index contributed by atoms with van der Waals surface area (Å²) < 4.78 is 5.83. The van der Waals surface area contributed by atoms with Crippen molar-refractivity contribution in [3.8, 4) is 11.5 Å². The molecule has 1 atom stereocenters. The highest BCUT2D eigenvalue weighted by Gasteiger charge is 2.19. The van der Waals surface area contributed by atoms with Crippen molar-refractivity contribution in [1.29, 1.82) is 0 Å². The van der Waals surface area contributed by atoms with Crippen LogP contribution in [0.15, 0.2) is 119 Å². The number of carbonyl (C=O) groups is 2. The van der Waals surface area contributed by atoms with E-state index in [0.29, 0.717) is 23.7 Å². The van der Waals surface area contributed by atoms with Gasteiger partial charge in [0.15, 0.2) is 5.58 Å². The minimum atomic E-state index is -0.300. The number of anilines is 2. The molecule has 5 aromatic rings. The summed E-state index contributed by atoms with van der Waals surface area (Å²) in [6, 6.07) is 32.2. The van der Waals surface area contributed by atoms with Gasteiger partial charge in [0, 0.05) is 27.9 Å². The smallest absolute Gasteiger partial charge is 0.248 e. The Hall–Kier alpha value is -4.62. The second-order valence-electron chi connectivity index (χ2n) is 8.83. The van der Waals surface area contributed by atoms with Gasteiger partial charge in [-0.05, 0) is 72.7 Å². The minimum absolute atomic E-state index is 0.0858. The van der Waals surface area contributed by atoms with Crippen LogP contribution in [0.25, 0.3) is 28.6 Å². The predicted molar refractivity (Wildman–Crippen MR) is 159 cm³/mol. The molecule has 0 spiro atoms. The summed E-state index contributed by atoms with van der Waals surface area (Å²) in [7, 11) is 0. The highest BCUT2D eigenvalue weighted by atomic mass is 32.2. The quantitative estimate of drug-likeness (QED) is 0.150. The number of hydrogen-bond acceptors (Lipinski definition) is 5. The van der Waals surface area contributed by atoms with Gasteiger partial charge >= 0.3 is 0 Å². The number of fused-ring (bicyclic) bond motifs is 1. The maximum absolute atomic E-state index is 13.1. The SMILES string of the molecule is CCC(Sc1cccc(NC(=O)/C=C/c2ccccc2)c1)C(=O)Nc1ccc(-c2nc3ccccc3o2)cc1. The maximum Gasteiger partial charge on any atom is 0.248 e. The van der Waals surface area contributed by atoms with Gasteiger partial charge in [-0.15, -0.1) is 11.8 Å². The molecule has 2 N–H and O–H groups in total. The lowest BCUT2D eigenvalue weighted by Crippen LogP contribution is -2.24. The van der Waals surface area contributed by atoms with E-state index in [4.69, 9.17) is 4.42 Å². The van der Waals surface area contributed by atoms with Gasteiger partial charge in [-0.3, -0.25) is 9.59 Å². The molecule has 1 unspecified atom stereocenters. The summed E-state index contributed by atoms with van der Waals surface area (Å²) in [6.45, 7) is 1.98. The summed E-state index contributed by atoms with van der Waals surface area (Å²) >= 11 is 1.46. The monoisotopic (exact) mass is 533 g/mol. The zero-order chi connectivity index (χ0) is 27.0. The molecule has 194 valence electrons. The van der Waals surface area contributed by atoms with E-state index in [1.165, 1.54) is 17.8 Å². The summed E-state index contributed by atoms with van der Waals surface area (Å²) in [5, 5.41) is 5.60. The number of carbonyl (C=O) groups excluding carboxylic acids is 2. The first-order valence-electron chi connectivity index (χ1n) is 12.6. The van der Waals surface area contributed by atoms with E-state index >= 15 is 0 Å². The third-order valence-corrected chi connectivity index (χ3v) is 7.32. The normalized spacial score (nSPS) is 11.9. The van der Waals surface area contributed by atoms with E-state index in [2.05, 4.69) is 15.6 Å². The molecule has 6 nitrogen and oxygen atoms in total. The zero-order valence-electron chi connectivity index (χ0n) is 21.3. The number of nitrogens with one attached hydrogen (secondary N) is 2. The van der Waals surface area contributed by atoms with Crippen molar-refractivity contribution in [2.75, 3.05) is 10.6 Å². The van der Waals surface area contributed by atoms with Gasteiger partial charge in [-0.25, -0.2) is 4.98 Å². The molecule has 0 aliphatic carbocycles. The molecule has 1 heterocycles. The lowest BCUT2D eigenvalue weighted by molar-refractivity contribution is -0.115. The Bertz CT molecular complexity index is 1580. The molecule has 0 radical (unpaired) electrons. The van der Waals surface area contributed by atoms with E-state index in [9.17, 15) is 9.59 Å². The number of benzene rings is 4. The number of amides is 2. The number of nitrogens with zero attached hydrogens (tertiary/aromatic N) is 1. The van der Waals surface area contributed by atoms with Crippen molar-refractivity contribution in [2.45, 2.75) is 23.5 Å². The topological polar surface area (TPSA) is 84.2 Å². The van der Waals surface area contributed by atoms with Crippen LogP contribution < -0.4 is 10.6 Å². The molecule has 0 fully saturated rings. The molecule has 39 heavy (non-hydrogen) atoms. The number of hydrogen-bond donors (Lipinski definition) is 2. The first kappa shape index (κ1) is 26.0. The van der Waals surface area contributed by atoms with Gasteiger partial charge in [0.25, 0.3) is 0 Å². The Morgan fingerprint density at radius 1 is 0.872 bits per heavy atom. The summed E-state index contributed by atoms with van der Waals surface area (Å²) in [5.74, 6) is 0.239. The fourth-order valence-electron chi connectivity index (χ4n) is 3.97. The second kappa shape index (κ2) is 12.3. The maximum atomic E-state index is 13.1. The summed E-state index contributed by atoms with van der Waals surface area (Å²) in [5.41, 5.74) is 4.70. The van der Waals surface area contributed by atoms with Crippen LogP contribution in [-0.2, 0) is 9.59 Å². The highest BCUT2D eigenvalue weighted by Crippen LogP contribution is 2.29. The largest absolute Gasteiger partial charge is 0.436 e. The molecular weight excluding hydrogens is 506 g/mol. The van der Waals surface area contributed by atoms with Crippen LogP contribution in [0.1, 0.15) is 18.9 Å². The Morgan fingerprint density at radius 3 is 2.41 bits per heavy atom. The van der Waals surface area contributed by atoms with Gasteiger partial charge in [0.1, 0.15) is 5.52 Å². The molecule has 0 aliphatic rings. The van der Waals surface area contributed by atoms with Gasteiger partial charge in [-0.1, -0.05) is 55.5 Å². The second-order valence-corrected chi connectivity index (χ2v) is 10.1. The van der Waals surface area contributed by atoms with E-state index in [-0.39, 0.29) is 17.1 Å². The fraction of sp³-hybridized carbons (Fsp3) is 0.0938. The summed E-state index contributed by atoms with van der Waals surface area (Å²) in [4.78, 5) is 30.8. The molecule has 0 saturated heterocycles. The molecule has 2 amide bonds. The molecule has 0 aliphatic heterocycles. The molecule has 7 heteroatoms. The number of thioether (sulfide) groups is 1. The third kappa shape index (κ3) is 6.83. The van der Waals surface area contributed by atoms with Crippen molar-refractivity contribution in [3.63, 3.8) is 0 Å². The van der Waals surface area contributed by atoms with Crippen LogP contribution in [-0.4, -0.2) is 22.0 Å². The number of para-hydroxylation sites is 2. The van der Waals surface area contributed by atoms with E-state index in [1.54, 1.807) is 6.08 Å². The van der Waals surface area contributed by atoms with Crippen LogP contribution in [0.4, 0.5) is 11.4 Å². The van der Waals surface area contributed by atoms with Crippen molar-refractivity contribution >= 4 is 52.1 Å². The average Bonchev–Trinajstić information content (AvgIpc) is 3.40. The lowest BCUT2D eigenvalue weighted by Gasteiger charge is -2.15. The Balaban J connectivity index is 1.19. The molecule has 4 aromatic carbocycles. The first-order valence-corrected chi connectivity index (χ1v) is 13.5. The van der Waals surface area contributed by atoms with Crippen molar-refractivity contribution in [1.82, 2.24) is 4.98 Å². The highest BCUT2D eigenvalue weighted by molar-refractivity contribution is 8.00. The molecule has 5 rings (SSSR count). The van der Waals surface area contributed by atoms with E-state index < -0.39 is 0 Å². The lowest BCUT2D eigenvalue weighted by atomic mass is 10.2. The van der Waals surface area contributed by atoms with E-state index in [0.717, 1.165) is 27.1 Å². The number of aromatic nitrogens is 1. The average molecular weight is 534 g/mol. The van der Waals surface area contributed by atoms with Crippen LogP contribution >= 0.6 is 11.8 Å². The van der Waals surface area contributed by atoms with E-state index in [1.807, 2.05) is 110 Å². The predicted octanol–water partition coefficient (Wildman–Crippen LogP) is 7.66. The van der Waals surface area contributed by atoms with Gasteiger partial charge < -0.3 is 15.1 Å². The Morgan fingerprint density at radius 2 is 1.64 bits per heavy atom. The summed E-state index contributed by atoms with van der Waals surface area (Å²) in [6.07, 6.45) is 3.92.